The van der Waals surface area contributed by atoms with Crippen LogP contribution in [-0.2, 0) is 0 Å². The number of hydrogen-bond donors (Lipinski definition) is 1. The highest BCUT2D eigenvalue weighted by molar-refractivity contribution is 5.08. The molecule has 0 amide bonds. The van der Waals surface area contributed by atoms with Crippen molar-refractivity contribution in [1.29, 1.82) is 0 Å². The lowest BCUT2D eigenvalue weighted by Crippen LogP contribution is -2.23. The molecule has 3 nitrogen and oxygen atoms in total. The van der Waals surface area contributed by atoms with Crippen LogP contribution in [0.15, 0.2) is 18.3 Å². The Bertz CT molecular complexity index is 372. The number of rotatable bonds is 4. The van der Waals surface area contributed by atoms with Crippen molar-refractivity contribution < 1.29 is 9.50 Å². The lowest BCUT2D eigenvalue weighted by molar-refractivity contribution is 0.143. The normalized spacial score (nSPS) is 26.4. The van der Waals surface area contributed by atoms with Crippen LogP contribution < -0.4 is 0 Å². The molecule has 3 atom stereocenters. The molecular weight excluding hydrogens is 231 g/mol. The third-order valence-electron chi connectivity index (χ3n) is 3.87. The molecule has 1 aromatic rings. The van der Waals surface area contributed by atoms with Crippen LogP contribution in [0.25, 0.3) is 0 Å². The number of pyridine rings is 1. The summed E-state index contributed by atoms with van der Waals surface area (Å²) in [6, 6.07) is 2.89. The summed E-state index contributed by atoms with van der Waals surface area (Å²) in [7, 11) is 0. The summed E-state index contributed by atoms with van der Waals surface area (Å²) in [5.41, 5.74) is 0.552. The minimum absolute atomic E-state index is 0.367. The van der Waals surface area contributed by atoms with Crippen LogP contribution >= 0.6 is 0 Å². The minimum Gasteiger partial charge on any atom is -0.387 e. The summed E-state index contributed by atoms with van der Waals surface area (Å²) >= 11 is 0. The molecule has 0 bridgehead atoms. The Kier molecular flexibility index (Phi) is 4.30. The van der Waals surface area contributed by atoms with Gasteiger partial charge in [-0.05, 0) is 30.4 Å². The predicted molar refractivity (Wildman–Crippen MR) is 68.5 cm³/mol. The molecule has 1 aromatic heterocycles. The molecule has 100 valence electrons. The van der Waals surface area contributed by atoms with Gasteiger partial charge in [-0.3, -0.25) is 4.98 Å². The molecule has 0 saturated carbocycles. The van der Waals surface area contributed by atoms with Gasteiger partial charge in [0.1, 0.15) is 5.82 Å². The topological polar surface area (TPSA) is 36.4 Å². The number of aliphatic hydroxyl groups excluding tert-OH is 1. The molecule has 0 aliphatic carbocycles. The van der Waals surface area contributed by atoms with E-state index < -0.39 is 6.10 Å². The van der Waals surface area contributed by atoms with Crippen LogP contribution in [0.5, 0.6) is 0 Å². The van der Waals surface area contributed by atoms with Gasteiger partial charge in [-0.15, -0.1) is 0 Å². The first-order valence-electron chi connectivity index (χ1n) is 6.58. The van der Waals surface area contributed by atoms with Crippen molar-refractivity contribution in [2.24, 2.45) is 11.8 Å². The lowest BCUT2D eigenvalue weighted by atomic mass is 10.0. The zero-order valence-electron chi connectivity index (χ0n) is 11.0. The fourth-order valence-electron chi connectivity index (χ4n) is 2.47. The van der Waals surface area contributed by atoms with E-state index >= 15 is 0 Å². The molecule has 2 rings (SSSR count). The highest BCUT2D eigenvalue weighted by Crippen LogP contribution is 2.23. The lowest BCUT2D eigenvalue weighted by Gasteiger charge is -2.17. The highest BCUT2D eigenvalue weighted by atomic mass is 19.1. The van der Waals surface area contributed by atoms with E-state index in [0.717, 1.165) is 37.7 Å². The second-order valence-corrected chi connectivity index (χ2v) is 5.42. The van der Waals surface area contributed by atoms with Gasteiger partial charge in [0.15, 0.2) is 0 Å². The molecule has 0 aromatic carbocycles. The van der Waals surface area contributed by atoms with Gasteiger partial charge in [0.2, 0.25) is 0 Å². The molecule has 1 saturated heterocycles. The Balaban J connectivity index is 1.81. The minimum atomic E-state index is -0.600. The van der Waals surface area contributed by atoms with Crippen molar-refractivity contribution >= 4 is 0 Å². The first kappa shape index (κ1) is 13.4. The van der Waals surface area contributed by atoms with Crippen LogP contribution in [0, 0.1) is 17.7 Å². The van der Waals surface area contributed by atoms with Gasteiger partial charge in [0, 0.05) is 19.6 Å². The third kappa shape index (κ3) is 3.27. The first-order valence-corrected chi connectivity index (χ1v) is 6.58. The molecule has 1 aliphatic heterocycles. The number of aromatic nitrogens is 1. The molecular formula is C14H21FN2O. The molecule has 1 aliphatic rings. The van der Waals surface area contributed by atoms with Gasteiger partial charge < -0.3 is 10.0 Å². The molecule has 0 radical (unpaired) electrons. The fraction of sp³-hybridized carbons (Fsp3) is 0.643. The molecule has 2 heterocycles. The monoisotopic (exact) mass is 252 g/mol. The van der Waals surface area contributed by atoms with E-state index in [9.17, 15) is 9.50 Å². The van der Waals surface area contributed by atoms with Crippen molar-refractivity contribution in [1.82, 2.24) is 9.88 Å². The Morgan fingerprint density at radius 3 is 2.61 bits per heavy atom. The van der Waals surface area contributed by atoms with Crippen molar-refractivity contribution in [2.45, 2.75) is 26.4 Å². The van der Waals surface area contributed by atoms with Gasteiger partial charge in [0.25, 0.3) is 0 Å². The van der Waals surface area contributed by atoms with E-state index in [2.05, 4.69) is 23.7 Å². The summed E-state index contributed by atoms with van der Waals surface area (Å²) in [6.07, 6.45) is 1.20. The first-order chi connectivity index (χ1) is 8.56. The smallest absolute Gasteiger partial charge is 0.141 e. The Labute approximate surface area is 108 Å². The molecule has 3 unspecified atom stereocenters. The SMILES string of the molecule is CC1CN(CCC(O)c2ccc(F)cn2)CC1C. The van der Waals surface area contributed by atoms with E-state index in [-0.39, 0.29) is 5.82 Å². The third-order valence-corrected chi connectivity index (χ3v) is 3.87. The Morgan fingerprint density at radius 2 is 2.06 bits per heavy atom. The zero-order chi connectivity index (χ0) is 13.1. The van der Waals surface area contributed by atoms with Crippen molar-refractivity contribution in [3.8, 4) is 0 Å². The quantitative estimate of drug-likeness (QED) is 0.892. The average molecular weight is 252 g/mol. The molecule has 1 N–H and O–H groups in total. The van der Waals surface area contributed by atoms with Gasteiger partial charge >= 0.3 is 0 Å². The molecule has 4 heteroatoms. The number of nitrogens with zero attached hydrogens (tertiary/aromatic N) is 2. The average Bonchev–Trinajstić information content (AvgIpc) is 2.67. The molecule has 18 heavy (non-hydrogen) atoms. The van der Waals surface area contributed by atoms with Gasteiger partial charge in [0.05, 0.1) is 18.0 Å². The van der Waals surface area contributed by atoms with Gasteiger partial charge in [-0.1, -0.05) is 13.8 Å². The second kappa shape index (κ2) is 5.76. The summed E-state index contributed by atoms with van der Waals surface area (Å²) in [5.74, 6) is 1.09. The standard InChI is InChI=1S/C14H21FN2O/c1-10-8-17(9-11(10)2)6-5-14(18)13-4-3-12(15)7-16-13/h3-4,7,10-11,14,18H,5-6,8-9H2,1-2H3. The zero-order valence-corrected chi connectivity index (χ0v) is 11.0. The summed E-state index contributed by atoms with van der Waals surface area (Å²) in [6.45, 7) is 7.61. The van der Waals surface area contributed by atoms with Crippen molar-refractivity contribution in [2.75, 3.05) is 19.6 Å². The van der Waals surface area contributed by atoms with Gasteiger partial charge in [-0.2, -0.15) is 0 Å². The molecule has 1 fully saturated rings. The number of aliphatic hydroxyl groups is 1. The van der Waals surface area contributed by atoms with Crippen LogP contribution in [0.4, 0.5) is 4.39 Å². The maximum absolute atomic E-state index is 12.7. The second-order valence-electron chi connectivity index (χ2n) is 5.42. The van der Waals surface area contributed by atoms with Crippen molar-refractivity contribution in [3.63, 3.8) is 0 Å². The van der Waals surface area contributed by atoms with Gasteiger partial charge in [-0.25, -0.2) is 4.39 Å². The fourth-order valence-corrected chi connectivity index (χ4v) is 2.47. The maximum Gasteiger partial charge on any atom is 0.141 e. The Morgan fingerprint density at radius 1 is 1.39 bits per heavy atom. The van der Waals surface area contributed by atoms with Crippen LogP contribution in [-0.4, -0.2) is 34.6 Å². The largest absolute Gasteiger partial charge is 0.387 e. The van der Waals surface area contributed by atoms with E-state index in [0.29, 0.717) is 12.1 Å². The van der Waals surface area contributed by atoms with Crippen LogP contribution in [0.1, 0.15) is 32.1 Å². The number of likely N-dealkylation sites (tertiary alicyclic amines) is 1. The van der Waals surface area contributed by atoms with E-state index in [4.69, 9.17) is 0 Å². The summed E-state index contributed by atoms with van der Waals surface area (Å²) in [4.78, 5) is 6.29. The number of halogens is 1. The van der Waals surface area contributed by atoms with E-state index in [1.54, 1.807) is 6.07 Å². The van der Waals surface area contributed by atoms with Crippen LogP contribution in [0.2, 0.25) is 0 Å². The maximum atomic E-state index is 12.7. The summed E-state index contributed by atoms with van der Waals surface area (Å²) < 4.78 is 12.7. The number of hydrogen-bond acceptors (Lipinski definition) is 3. The van der Waals surface area contributed by atoms with E-state index in [1.807, 2.05) is 0 Å². The summed E-state index contributed by atoms with van der Waals surface area (Å²) in [5, 5.41) is 9.99. The molecule has 0 spiro atoms. The van der Waals surface area contributed by atoms with Crippen molar-refractivity contribution in [3.05, 3.63) is 29.8 Å². The van der Waals surface area contributed by atoms with E-state index in [1.165, 1.54) is 6.07 Å². The highest BCUT2D eigenvalue weighted by Gasteiger charge is 2.26. The van der Waals surface area contributed by atoms with Crippen LogP contribution in [0.3, 0.4) is 0 Å². The predicted octanol–water partition coefficient (Wildman–Crippen LogP) is 2.23. The Hall–Kier alpha value is -1.00.